The predicted molar refractivity (Wildman–Crippen MR) is 112 cm³/mol. The van der Waals surface area contributed by atoms with E-state index in [2.05, 4.69) is 20.1 Å². The fraction of sp³-hybridized carbons (Fsp3) is 0.190. The van der Waals surface area contributed by atoms with Crippen LogP contribution in [0.3, 0.4) is 0 Å². The Morgan fingerprint density at radius 3 is 2.63 bits per heavy atom. The average molecular weight is 423 g/mol. The van der Waals surface area contributed by atoms with Gasteiger partial charge in [0.1, 0.15) is 11.9 Å². The topological polar surface area (TPSA) is 105 Å². The van der Waals surface area contributed by atoms with Gasteiger partial charge in [0, 0.05) is 24.5 Å². The van der Waals surface area contributed by atoms with E-state index < -0.39 is 16.1 Å². The molecule has 0 unspecified atom stereocenters. The van der Waals surface area contributed by atoms with Crippen molar-refractivity contribution in [2.75, 3.05) is 0 Å². The molecule has 1 aliphatic rings. The van der Waals surface area contributed by atoms with Crippen LogP contribution < -0.4 is 10.0 Å². The fourth-order valence-corrected chi connectivity index (χ4v) is 4.50. The van der Waals surface area contributed by atoms with Gasteiger partial charge in [-0.3, -0.25) is 19.2 Å². The maximum absolute atomic E-state index is 12.6. The molecule has 8 nitrogen and oxygen atoms in total. The third kappa shape index (κ3) is 4.11. The lowest BCUT2D eigenvalue weighted by molar-refractivity contribution is -0.122. The minimum Gasteiger partial charge on any atom is -0.350 e. The number of sulfonamides is 1. The lowest BCUT2D eigenvalue weighted by Crippen LogP contribution is -2.33. The first-order valence-electron chi connectivity index (χ1n) is 9.46. The second-order valence-corrected chi connectivity index (χ2v) is 8.60. The molecule has 1 amide bonds. The summed E-state index contributed by atoms with van der Waals surface area (Å²) in [6, 6.07) is 15.5. The standard InChI is InChI=1S/C21H21N5O3S/c1-15(24-20-18-9-4-5-10-19(18)30(28,29)25-20)21(27)22-13-16-7-2-3-8-17(16)14-26-12-6-11-23-26/h2-12,15H,13-14H2,1H3,(H,22,27)(H,24,25)/t15-/m0/s1. The summed E-state index contributed by atoms with van der Waals surface area (Å²) < 4.78 is 28.6. The van der Waals surface area contributed by atoms with E-state index in [1.807, 2.05) is 41.2 Å². The highest BCUT2D eigenvalue weighted by molar-refractivity contribution is 7.90. The highest BCUT2D eigenvalue weighted by atomic mass is 32.2. The zero-order valence-electron chi connectivity index (χ0n) is 16.3. The molecular weight excluding hydrogens is 402 g/mol. The largest absolute Gasteiger partial charge is 0.350 e. The highest BCUT2D eigenvalue weighted by Crippen LogP contribution is 2.22. The van der Waals surface area contributed by atoms with Crippen LogP contribution in [0.5, 0.6) is 0 Å². The Hall–Kier alpha value is -3.46. The number of nitrogens with one attached hydrogen (secondary N) is 2. The minimum atomic E-state index is -3.63. The molecule has 4 rings (SSSR count). The van der Waals surface area contributed by atoms with Crippen molar-refractivity contribution < 1.29 is 13.2 Å². The summed E-state index contributed by atoms with van der Waals surface area (Å²) in [5.74, 6) is -0.104. The Morgan fingerprint density at radius 2 is 1.87 bits per heavy atom. The van der Waals surface area contributed by atoms with E-state index in [0.717, 1.165) is 11.1 Å². The maximum atomic E-state index is 12.6. The van der Waals surface area contributed by atoms with Crippen LogP contribution in [0.15, 0.2) is 76.9 Å². The molecule has 1 atom stereocenters. The SMILES string of the molecule is C[C@H](N=C1NS(=O)(=O)c2ccccc21)C(=O)NCc1ccccc1Cn1cccn1. The molecule has 2 aromatic carbocycles. The van der Waals surface area contributed by atoms with Crippen molar-refractivity contribution >= 4 is 21.8 Å². The van der Waals surface area contributed by atoms with Crippen molar-refractivity contribution in [1.29, 1.82) is 0 Å². The Labute approximate surface area is 174 Å². The monoisotopic (exact) mass is 423 g/mol. The first-order valence-corrected chi connectivity index (χ1v) is 10.9. The Kier molecular flexibility index (Phi) is 5.37. The Morgan fingerprint density at radius 1 is 1.13 bits per heavy atom. The molecule has 154 valence electrons. The molecule has 0 saturated carbocycles. The quantitative estimate of drug-likeness (QED) is 0.629. The summed E-state index contributed by atoms with van der Waals surface area (Å²) in [5.41, 5.74) is 2.51. The number of aromatic nitrogens is 2. The predicted octanol–water partition coefficient (Wildman–Crippen LogP) is 1.67. The van der Waals surface area contributed by atoms with Crippen LogP contribution in [-0.2, 0) is 27.9 Å². The van der Waals surface area contributed by atoms with Crippen molar-refractivity contribution in [3.8, 4) is 0 Å². The van der Waals surface area contributed by atoms with E-state index >= 15 is 0 Å². The molecule has 0 fully saturated rings. The van der Waals surface area contributed by atoms with Gasteiger partial charge in [0.05, 0.1) is 11.4 Å². The molecular formula is C21H21N5O3S. The number of amidine groups is 1. The molecule has 0 radical (unpaired) electrons. The molecule has 0 aliphatic carbocycles. The lowest BCUT2D eigenvalue weighted by Gasteiger charge is -2.13. The van der Waals surface area contributed by atoms with Gasteiger partial charge in [-0.25, -0.2) is 8.42 Å². The van der Waals surface area contributed by atoms with Gasteiger partial charge in [-0.2, -0.15) is 5.10 Å². The van der Waals surface area contributed by atoms with Crippen LogP contribution in [0, 0.1) is 0 Å². The van der Waals surface area contributed by atoms with E-state index in [1.54, 1.807) is 31.3 Å². The number of hydrogen-bond donors (Lipinski definition) is 2. The molecule has 0 saturated heterocycles. The number of hydrogen-bond acceptors (Lipinski definition) is 5. The van der Waals surface area contributed by atoms with Gasteiger partial charge < -0.3 is 5.32 Å². The van der Waals surface area contributed by atoms with E-state index in [0.29, 0.717) is 18.7 Å². The van der Waals surface area contributed by atoms with E-state index in [-0.39, 0.29) is 16.6 Å². The second kappa shape index (κ2) is 8.11. The Balaban J connectivity index is 1.45. The van der Waals surface area contributed by atoms with Gasteiger partial charge in [0.2, 0.25) is 5.91 Å². The van der Waals surface area contributed by atoms with Gasteiger partial charge in [-0.05, 0) is 36.2 Å². The third-order valence-electron chi connectivity index (χ3n) is 4.83. The smallest absolute Gasteiger partial charge is 0.263 e. The van der Waals surface area contributed by atoms with Crippen LogP contribution >= 0.6 is 0 Å². The van der Waals surface area contributed by atoms with Crippen LogP contribution in [0.1, 0.15) is 23.6 Å². The number of rotatable bonds is 6. The number of amides is 1. The minimum absolute atomic E-state index is 0.170. The number of fused-ring (bicyclic) bond motifs is 1. The lowest BCUT2D eigenvalue weighted by atomic mass is 10.1. The number of carbonyl (C=O) groups excluding carboxylic acids is 1. The molecule has 1 aliphatic heterocycles. The number of nitrogens with zero attached hydrogens (tertiary/aromatic N) is 3. The van der Waals surface area contributed by atoms with Crippen molar-refractivity contribution in [2.24, 2.45) is 4.99 Å². The summed E-state index contributed by atoms with van der Waals surface area (Å²) in [6.07, 6.45) is 3.61. The number of benzene rings is 2. The zero-order chi connectivity index (χ0) is 21.1. The van der Waals surface area contributed by atoms with Crippen molar-refractivity contribution in [1.82, 2.24) is 19.8 Å². The summed E-state index contributed by atoms with van der Waals surface area (Å²) in [5, 5.41) is 7.10. The first-order chi connectivity index (χ1) is 14.4. The summed E-state index contributed by atoms with van der Waals surface area (Å²) in [7, 11) is -3.63. The van der Waals surface area contributed by atoms with Crippen LogP contribution in [0.2, 0.25) is 0 Å². The van der Waals surface area contributed by atoms with Gasteiger partial charge in [-0.15, -0.1) is 0 Å². The zero-order valence-corrected chi connectivity index (χ0v) is 17.1. The molecule has 0 spiro atoms. The van der Waals surface area contributed by atoms with Crippen LogP contribution in [-0.4, -0.2) is 36.0 Å². The van der Waals surface area contributed by atoms with E-state index in [1.165, 1.54) is 6.07 Å². The Bertz CT molecular complexity index is 1200. The molecule has 9 heteroatoms. The van der Waals surface area contributed by atoms with Gasteiger partial charge in [-0.1, -0.05) is 36.4 Å². The number of aliphatic imine (C=N–C) groups is 1. The maximum Gasteiger partial charge on any atom is 0.263 e. The van der Waals surface area contributed by atoms with Crippen molar-refractivity contribution in [3.05, 3.63) is 83.7 Å². The summed E-state index contributed by atoms with van der Waals surface area (Å²) in [6.45, 7) is 2.58. The van der Waals surface area contributed by atoms with Crippen molar-refractivity contribution in [3.63, 3.8) is 0 Å². The first kappa shape index (κ1) is 19.8. The van der Waals surface area contributed by atoms with Crippen molar-refractivity contribution in [2.45, 2.75) is 31.0 Å². The normalized spacial score (nSPS) is 16.6. The molecule has 30 heavy (non-hydrogen) atoms. The number of carbonyl (C=O) groups is 1. The summed E-state index contributed by atoms with van der Waals surface area (Å²) in [4.78, 5) is 17.1. The van der Waals surface area contributed by atoms with Crippen LogP contribution in [0.25, 0.3) is 0 Å². The second-order valence-electron chi connectivity index (χ2n) is 6.95. The van der Waals surface area contributed by atoms with E-state index in [4.69, 9.17) is 0 Å². The van der Waals surface area contributed by atoms with Gasteiger partial charge >= 0.3 is 0 Å². The molecule has 2 heterocycles. The summed E-state index contributed by atoms with van der Waals surface area (Å²) >= 11 is 0. The molecule has 0 bridgehead atoms. The average Bonchev–Trinajstić information content (AvgIpc) is 3.33. The van der Waals surface area contributed by atoms with Gasteiger partial charge in [0.25, 0.3) is 10.0 Å². The molecule has 2 N–H and O–H groups in total. The van der Waals surface area contributed by atoms with Crippen LogP contribution in [0.4, 0.5) is 0 Å². The van der Waals surface area contributed by atoms with E-state index in [9.17, 15) is 13.2 Å². The highest BCUT2D eigenvalue weighted by Gasteiger charge is 2.31. The molecule has 1 aromatic heterocycles. The van der Waals surface area contributed by atoms with Gasteiger partial charge in [0.15, 0.2) is 0 Å². The fourth-order valence-electron chi connectivity index (χ4n) is 3.26. The molecule has 3 aromatic rings. The third-order valence-corrected chi connectivity index (χ3v) is 6.23.